The topological polar surface area (TPSA) is 50.4 Å². The molecular formula is C20H24N2O2S2. The van der Waals surface area contributed by atoms with Crippen LogP contribution in [0.4, 0.5) is 0 Å². The van der Waals surface area contributed by atoms with Crippen molar-refractivity contribution >= 4 is 35.0 Å². The maximum Gasteiger partial charge on any atom is 0.257 e. The Bertz CT molecular complexity index is 728. The number of thioether (sulfide) groups is 1. The van der Waals surface area contributed by atoms with E-state index in [-0.39, 0.29) is 5.91 Å². The Morgan fingerprint density at radius 3 is 2.35 bits per heavy atom. The smallest absolute Gasteiger partial charge is 0.257 e. The van der Waals surface area contributed by atoms with Gasteiger partial charge in [0.05, 0.1) is 6.61 Å². The van der Waals surface area contributed by atoms with Gasteiger partial charge in [0.1, 0.15) is 5.75 Å². The highest BCUT2D eigenvalue weighted by Crippen LogP contribution is 2.15. The number of carbonyl (C=O) groups is 1. The molecule has 0 atom stereocenters. The predicted octanol–water partition coefficient (Wildman–Crippen LogP) is 4.25. The summed E-state index contributed by atoms with van der Waals surface area (Å²) in [6.45, 7) is 5.40. The van der Waals surface area contributed by atoms with E-state index in [1.165, 1.54) is 4.90 Å². The lowest BCUT2D eigenvalue weighted by Gasteiger charge is -2.11. The van der Waals surface area contributed by atoms with E-state index in [0.29, 0.717) is 29.7 Å². The lowest BCUT2D eigenvalue weighted by atomic mass is 10.2. The fraction of sp³-hybridized carbons (Fsp3) is 0.300. The monoisotopic (exact) mass is 388 g/mol. The summed E-state index contributed by atoms with van der Waals surface area (Å²) in [4.78, 5) is 13.5. The van der Waals surface area contributed by atoms with E-state index in [4.69, 9.17) is 17.0 Å². The number of hydrogen-bond acceptors (Lipinski definition) is 4. The summed E-state index contributed by atoms with van der Waals surface area (Å²) in [6.07, 6.45) is 2.04. The Kier molecular flexibility index (Phi) is 7.94. The van der Waals surface area contributed by atoms with Crippen LogP contribution in [0.3, 0.4) is 0 Å². The van der Waals surface area contributed by atoms with Gasteiger partial charge in [0, 0.05) is 17.0 Å². The number of carbonyl (C=O) groups excluding carboxylic acids is 1. The Morgan fingerprint density at radius 2 is 1.77 bits per heavy atom. The molecule has 0 bridgehead atoms. The van der Waals surface area contributed by atoms with Crippen molar-refractivity contribution in [2.45, 2.75) is 25.3 Å². The Labute approximate surface area is 164 Å². The van der Waals surface area contributed by atoms with E-state index in [2.05, 4.69) is 36.6 Å². The minimum Gasteiger partial charge on any atom is -0.493 e. The zero-order valence-corrected chi connectivity index (χ0v) is 16.9. The first-order chi connectivity index (χ1) is 12.5. The first-order valence-electron chi connectivity index (χ1n) is 8.43. The van der Waals surface area contributed by atoms with Crippen molar-refractivity contribution in [2.75, 3.05) is 12.9 Å². The highest BCUT2D eigenvalue weighted by atomic mass is 32.2. The molecule has 0 saturated carbocycles. The summed E-state index contributed by atoms with van der Waals surface area (Å²) in [5, 5.41) is 6.05. The van der Waals surface area contributed by atoms with E-state index in [1.54, 1.807) is 36.0 Å². The molecule has 0 aromatic heterocycles. The molecule has 0 aliphatic carbocycles. The molecule has 0 unspecified atom stereocenters. The minimum atomic E-state index is -0.240. The van der Waals surface area contributed by atoms with E-state index in [1.807, 2.05) is 18.4 Å². The second-order valence-electron chi connectivity index (χ2n) is 6.21. The molecule has 0 fully saturated rings. The minimum absolute atomic E-state index is 0.240. The maximum atomic E-state index is 12.2. The van der Waals surface area contributed by atoms with Crippen LogP contribution < -0.4 is 15.4 Å². The van der Waals surface area contributed by atoms with Crippen molar-refractivity contribution in [1.29, 1.82) is 0 Å². The summed E-state index contributed by atoms with van der Waals surface area (Å²) >= 11 is 6.90. The fourth-order valence-electron chi connectivity index (χ4n) is 2.11. The molecular weight excluding hydrogens is 364 g/mol. The largest absolute Gasteiger partial charge is 0.493 e. The van der Waals surface area contributed by atoms with Crippen molar-refractivity contribution in [3.05, 3.63) is 59.7 Å². The van der Waals surface area contributed by atoms with Crippen LogP contribution in [-0.2, 0) is 6.54 Å². The summed E-state index contributed by atoms with van der Waals surface area (Å²) < 4.78 is 5.62. The van der Waals surface area contributed by atoms with Crippen LogP contribution in [0, 0.1) is 5.92 Å². The molecule has 4 nitrogen and oxygen atoms in total. The third-order valence-electron chi connectivity index (χ3n) is 3.54. The van der Waals surface area contributed by atoms with E-state index in [9.17, 15) is 4.79 Å². The number of nitrogens with one attached hydrogen (secondary N) is 2. The molecule has 2 aromatic carbocycles. The number of amides is 1. The molecule has 0 spiro atoms. The van der Waals surface area contributed by atoms with Gasteiger partial charge in [0.2, 0.25) is 0 Å². The van der Waals surface area contributed by atoms with Gasteiger partial charge >= 0.3 is 0 Å². The maximum absolute atomic E-state index is 12.2. The average Bonchev–Trinajstić information content (AvgIpc) is 2.65. The third kappa shape index (κ3) is 6.69. The summed E-state index contributed by atoms with van der Waals surface area (Å²) in [6, 6.07) is 15.3. The second kappa shape index (κ2) is 10.2. The molecule has 0 saturated heterocycles. The molecule has 26 heavy (non-hydrogen) atoms. The zero-order valence-electron chi connectivity index (χ0n) is 15.2. The van der Waals surface area contributed by atoms with Gasteiger partial charge in [0.15, 0.2) is 5.11 Å². The first kappa shape index (κ1) is 20.3. The molecule has 0 radical (unpaired) electrons. The normalized spacial score (nSPS) is 10.5. The number of rotatable bonds is 7. The molecule has 0 aliphatic heterocycles. The van der Waals surface area contributed by atoms with E-state index >= 15 is 0 Å². The predicted molar refractivity (Wildman–Crippen MR) is 112 cm³/mol. The quantitative estimate of drug-likeness (QED) is 0.549. The van der Waals surface area contributed by atoms with Crippen LogP contribution in [0.5, 0.6) is 5.75 Å². The molecule has 2 aromatic rings. The third-order valence-corrected chi connectivity index (χ3v) is 4.53. The highest BCUT2D eigenvalue weighted by Gasteiger charge is 2.08. The van der Waals surface area contributed by atoms with Gasteiger partial charge in [-0.3, -0.25) is 10.1 Å². The number of hydrogen-bond donors (Lipinski definition) is 2. The van der Waals surface area contributed by atoms with Crippen LogP contribution >= 0.6 is 24.0 Å². The van der Waals surface area contributed by atoms with Crippen molar-refractivity contribution < 1.29 is 9.53 Å². The van der Waals surface area contributed by atoms with Crippen molar-refractivity contribution in [3.8, 4) is 5.75 Å². The molecule has 6 heteroatoms. The second-order valence-corrected chi connectivity index (χ2v) is 7.50. The number of thiocarbonyl (C=S) groups is 1. The zero-order chi connectivity index (χ0) is 18.9. The van der Waals surface area contributed by atoms with Crippen LogP contribution in [0.15, 0.2) is 53.4 Å². The fourth-order valence-corrected chi connectivity index (χ4v) is 2.68. The van der Waals surface area contributed by atoms with Crippen molar-refractivity contribution in [3.63, 3.8) is 0 Å². The van der Waals surface area contributed by atoms with Crippen LogP contribution in [-0.4, -0.2) is 23.9 Å². The standard InChI is InChI=1S/C20H24N2O2S2/c1-14(2)13-24-17-8-6-16(7-9-17)19(23)22-20(25)21-12-15-4-10-18(26-3)11-5-15/h4-11,14H,12-13H2,1-3H3,(H2,21,22,23,25). The molecule has 0 heterocycles. The van der Waals surface area contributed by atoms with Crippen molar-refractivity contribution in [2.24, 2.45) is 5.92 Å². The lowest BCUT2D eigenvalue weighted by molar-refractivity contribution is 0.0976. The molecule has 2 rings (SSSR count). The lowest BCUT2D eigenvalue weighted by Crippen LogP contribution is -2.38. The first-order valence-corrected chi connectivity index (χ1v) is 10.1. The number of benzene rings is 2. The van der Waals surface area contributed by atoms with Crippen LogP contribution in [0.2, 0.25) is 0 Å². The average molecular weight is 389 g/mol. The SMILES string of the molecule is CSc1ccc(CNC(=S)NC(=O)c2ccc(OCC(C)C)cc2)cc1. The van der Waals surface area contributed by atoms with Gasteiger partial charge in [-0.2, -0.15) is 0 Å². The Morgan fingerprint density at radius 1 is 1.12 bits per heavy atom. The van der Waals surface area contributed by atoms with Gasteiger partial charge in [-0.05, 0) is 66.4 Å². The summed E-state index contributed by atoms with van der Waals surface area (Å²) in [5.74, 6) is 0.971. The molecule has 0 aliphatic rings. The highest BCUT2D eigenvalue weighted by molar-refractivity contribution is 7.98. The van der Waals surface area contributed by atoms with Gasteiger partial charge in [-0.1, -0.05) is 26.0 Å². The van der Waals surface area contributed by atoms with Gasteiger partial charge < -0.3 is 10.1 Å². The van der Waals surface area contributed by atoms with E-state index < -0.39 is 0 Å². The van der Waals surface area contributed by atoms with Gasteiger partial charge in [-0.25, -0.2) is 0 Å². The molecule has 1 amide bonds. The molecule has 2 N–H and O–H groups in total. The number of ether oxygens (including phenoxy) is 1. The summed E-state index contributed by atoms with van der Waals surface area (Å²) in [5.41, 5.74) is 1.64. The summed E-state index contributed by atoms with van der Waals surface area (Å²) in [7, 11) is 0. The molecule has 138 valence electrons. The Balaban J connectivity index is 1.81. The van der Waals surface area contributed by atoms with Crippen LogP contribution in [0.1, 0.15) is 29.8 Å². The van der Waals surface area contributed by atoms with Gasteiger partial charge in [-0.15, -0.1) is 11.8 Å². The Hall–Kier alpha value is -2.05. The van der Waals surface area contributed by atoms with Crippen molar-refractivity contribution in [1.82, 2.24) is 10.6 Å². The van der Waals surface area contributed by atoms with Gasteiger partial charge in [0.25, 0.3) is 5.91 Å². The van der Waals surface area contributed by atoms with E-state index in [0.717, 1.165) is 11.3 Å². The van der Waals surface area contributed by atoms with Crippen LogP contribution in [0.25, 0.3) is 0 Å².